The van der Waals surface area contributed by atoms with Gasteiger partial charge in [0.1, 0.15) is 0 Å². The highest BCUT2D eigenvalue weighted by molar-refractivity contribution is 7.99. The highest BCUT2D eigenvalue weighted by atomic mass is 35.5. The maximum atomic E-state index is 14.3. The van der Waals surface area contributed by atoms with Gasteiger partial charge in [-0.1, -0.05) is 35.0 Å². The predicted molar refractivity (Wildman–Crippen MR) is 134 cm³/mol. The molecule has 2 N–H and O–H groups in total. The second-order valence-electron chi connectivity index (χ2n) is 8.46. The van der Waals surface area contributed by atoms with Gasteiger partial charge in [0, 0.05) is 9.79 Å². The zero-order valence-corrected chi connectivity index (χ0v) is 26.6. The van der Waals surface area contributed by atoms with Crippen molar-refractivity contribution >= 4 is 74.9 Å². The van der Waals surface area contributed by atoms with Crippen molar-refractivity contribution in [3.63, 3.8) is 0 Å². The molecule has 0 saturated heterocycles. The van der Waals surface area contributed by atoms with Gasteiger partial charge in [-0.3, -0.25) is 9.11 Å². The van der Waals surface area contributed by atoms with Gasteiger partial charge < -0.3 is 0 Å². The van der Waals surface area contributed by atoms with Crippen LogP contribution in [0.25, 0.3) is 0 Å². The lowest BCUT2D eigenvalue weighted by atomic mass is 10.3. The summed E-state index contributed by atoms with van der Waals surface area (Å²) in [6.45, 7) is 0. The smallest absolute Gasteiger partial charge is 0.281 e. The van der Waals surface area contributed by atoms with Gasteiger partial charge in [0.15, 0.2) is 0 Å². The minimum Gasteiger partial charge on any atom is -0.281 e. The lowest BCUT2D eigenvalue weighted by Gasteiger charge is -2.30. The summed E-state index contributed by atoms with van der Waals surface area (Å²) < 4.78 is 274. The third-order valence-electron chi connectivity index (χ3n) is 5.41. The Morgan fingerprint density at radius 2 is 0.745 bits per heavy atom. The fraction of sp³-hybridized carbons (Fsp3) is 0.333. The Balaban J connectivity index is 2.53. The van der Waals surface area contributed by atoms with Crippen LogP contribution in [0.3, 0.4) is 0 Å². The van der Waals surface area contributed by atoms with Crippen molar-refractivity contribution in [1.29, 1.82) is 0 Å². The van der Waals surface area contributed by atoms with Crippen LogP contribution < -0.4 is 0 Å². The first-order valence-corrected chi connectivity index (χ1v) is 17.9. The molecule has 0 saturated carbocycles. The molecule has 0 bridgehead atoms. The maximum Gasteiger partial charge on any atom is 0.439 e. The molecule has 0 aliphatic rings. The van der Waals surface area contributed by atoms with Crippen LogP contribution in [-0.4, -0.2) is 75.6 Å². The average molecular weight is 843 g/mol. The van der Waals surface area contributed by atoms with Gasteiger partial charge in [-0.05, 0) is 36.4 Å². The molecule has 0 fully saturated rings. The molecule has 0 amide bonds. The normalized spacial score (nSPS) is 15.1. The molecule has 0 atom stereocenters. The largest absolute Gasteiger partial charge is 0.439 e. The summed E-state index contributed by atoms with van der Waals surface area (Å²) in [6.07, 6.45) is 0. The number of hydrogen-bond donors (Lipinski definition) is 2. The van der Waals surface area contributed by atoms with Crippen LogP contribution in [0, 0.1) is 0 Å². The molecule has 0 spiro atoms. The molecule has 0 aliphatic heterocycles. The van der Waals surface area contributed by atoms with E-state index in [9.17, 15) is 86.4 Å². The molecule has 47 heavy (non-hydrogen) atoms. The van der Waals surface area contributed by atoms with Gasteiger partial charge in [-0.2, -0.15) is 69.5 Å². The van der Waals surface area contributed by atoms with Gasteiger partial charge in [0.2, 0.25) is 0 Å². The second kappa shape index (κ2) is 11.9. The van der Waals surface area contributed by atoms with E-state index in [0.29, 0.717) is 24.3 Å². The van der Waals surface area contributed by atoms with E-state index in [2.05, 4.69) is 0 Å². The summed E-state index contributed by atoms with van der Waals surface area (Å²) in [4.78, 5) is -4.99. The molecule has 0 heterocycles. The molecule has 268 valence electrons. The molecule has 0 unspecified atom stereocenters. The number of rotatable bonds is 12. The zero-order chi connectivity index (χ0) is 37.4. The van der Waals surface area contributed by atoms with Crippen molar-refractivity contribution in [2.24, 2.45) is 0 Å². The summed E-state index contributed by atoms with van der Waals surface area (Å²) in [5.74, 6) is -14.6. The Bertz CT molecular complexity index is 1890. The van der Waals surface area contributed by atoms with E-state index in [1.807, 2.05) is 0 Å². The quantitative estimate of drug-likeness (QED) is 0.186. The van der Waals surface area contributed by atoms with Crippen LogP contribution in [0.15, 0.2) is 56.0 Å². The van der Waals surface area contributed by atoms with Crippen molar-refractivity contribution in [1.82, 2.24) is 0 Å². The van der Waals surface area contributed by atoms with Crippen molar-refractivity contribution < 1.29 is 95.5 Å². The van der Waals surface area contributed by atoms with Gasteiger partial charge in [-0.15, -0.1) is 0 Å². The summed E-state index contributed by atoms with van der Waals surface area (Å²) in [5.41, 5.74) is 0. The first kappa shape index (κ1) is 41.4. The van der Waals surface area contributed by atoms with E-state index < -0.39 is 102 Å². The van der Waals surface area contributed by atoms with Crippen LogP contribution in [0.5, 0.6) is 0 Å². The van der Waals surface area contributed by atoms with Crippen LogP contribution in [-0.2, 0) is 39.9 Å². The molecule has 2 rings (SSSR count). The highest BCUT2D eigenvalue weighted by Gasteiger charge is 2.83. The lowest BCUT2D eigenvalue weighted by molar-refractivity contribution is -0.245. The number of alkyl halides is 12. The first-order valence-electron chi connectivity index (χ1n) is 10.5. The number of sulfone groups is 2. The van der Waals surface area contributed by atoms with Crippen LogP contribution >= 0.6 is 35.0 Å². The number of halogens is 14. The Hall–Kier alpha value is -1.75. The summed E-state index contributed by atoms with van der Waals surface area (Å²) in [7, 11) is -28.8. The Labute approximate surface area is 268 Å². The molecule has 10 nitrogen and oxygen atoms in total. The van der Waals surface area contributed by atoms with Gasteiger partial charge >= 0.3 is 53.1 Å². The van der Waals surface area contributed by atoms with Crippen molar-refractivity contribution in [2.75, 3.05) is 0 Å². The number of benzene rings is 2. The topological polar surface area (TPSA) is 177 Å². The average Bonchev–Trinajstić information content (AvgIpc) is 2.86. The zero-order valence-electron chi connectivity index (χ0n) is 21.0. The monoisotopic (exact) mass is 842 g/mol. The van der Waals surface area contributed by atoms with E-state index >= 15 is 0 Å². The SMILES string of the molecule is O=S(=O)(O)C(F)(F)C(F)(F)C(F)(F)S(=O)(=O)c1ccc(Sc2ccc(S(=O)(=O)C(F)(F)C(F)(F)C(F)(F)S(=O)(=O)O)c(Cl)c2)cc1Cl. The molecule has 0 radical (unpaired) electrons. The van der Waals surface area contributed by atoms with E-state index in [0.717, 1.165) is 0 Å². The van der Waals surface area contributed by atoms with E-state index in [1.54, 1.807) is 0 Å². The molecular formula is C18H8Cl2F12O10S5. The van der Waals surface area contributed by atoms with Gasteiger partial charge in [0.25, 0.3) is 19.7 Å². The third-order valence-corrected chi connectivity index (χ3v) is 12.8. The first-order chi connectivity index (χ1) is 20.5. The van der Waals surface area contributed by atoms with E-state index in [1.165, 1.54) is 0 Å². The van der Waals surface area contributed by atoms with Crippen LogP contribution in [0.4, 0.5) is 52.7 Å². The van der Waals surface area contributed by atoms with Crippen molar-refractivity contribution in [2.45, 2.75) is 52.4 Å². The predicted octanol–water partition coefficient (Wildman–Crippen LogP) is 6.11. The van der Waals surface area contributed by atoms with Crippen molar-refractivity contribution in [3.8, 4) is 0 Å². The summed E-state index contributed by atoms with van der Waals surface area (Å²) in [5, 5.41) is -31.0. The standard InChI is InChI=1S/C18H8Cl2F12O10S5/c19-9-5-7(1-3-11(9)44(33,34)15(25,26)13(21,22)17(29,30)46(37,38)39)43-8-2-4-12(10(20)6-8)45(35,36)16(27,28)14(23,24)18(31,32)47(40,41)42/h1-6H,(H,37,38,39)(H,40,41,42). The van der Waals surface area contributed by atoms with Crippen LogP contribution in [0.2, 0.25) is 10.0 Å². The molecule has 2 aromatic rings. The number of hydrogen-bond acceptors (Lipinski definition) is 9. The third kappa shape index (κ3) is 6.27. The Morgan fingerprint density at radius 3 is 0.957 bits per heavy atom. The Morgan fingerprint density at radius 1 is 0.489 bits per heavy atom. The van der Waals surface area contributed by atoms with Gasteiger partial charge in [0.05, 0.1) is 19.8 Å². The molecular weight excluding hydrogens is 835 g/mol. The highest BCUT2D eigenvalue weighted by Crippen LogP contribution is 2.54. The molecule has 29 heteroatoms. The minimum absolute atomic E-state index is 0.0198. The van der Waals surface area contributed by atoms with E-state index in [-0.39, 0.29) is 23.9 Å². The molecule has 0 aliphatic carbocycles. The summed E-state index contributed by atoms with van der Waals surface area (Å²) in [6, 6.07) is 1.46. The fourth-order valence-electron chi connectivity index (χ4n) is 2.94. The second-order valence-corrected chi connectivity index (χ2v) is 17.3. The van der Waals surface area contributed by atoms with E-state index in [4.69, 9.17) is 32.3 Å². The molecule has 2 aromatic carbocycles. The summed E-state index contributed by atoms with van der Waals surface area (Å²) >= 11 is 11.2. The molecule has 0 aromatic heterocycles. The van der Waals surface area contributed by atoms with Gasteiger partial charge in [-0.25, -0.2) is 16.8 Å². The minimum atomic E-state index is -7.34. The lowest BCUT2D eigenvalue weighted by Crippen LogP contribution is -2.60. The maximum absolute atomic E-state index is 14.3. The Kier molecular flexibility index (Phi) is 10.5. The fourth-order valence-corrected chi connectivity index (χ4v) is 8.58. The van der Waals surface area contributed by atoms with Crippen molar-refractivity contribution in [3.05, 3.63) is 46.4 Å². The van der Waals surface area contributed by atoms with Crippen LogP contribution in [0.1, 0.15) is 0 Å².